The minimum absolute atomic E-state index is 0.0586. The lowest BCUT2D eigenvalue weighted by Crippen LogP contribution is -2.54. The van der Waals surface area contributed by atoms with E-state index in [1.165, 1.54) is 0 Å². The lowest BCUT2D eigenvalue weighted by Gasteiger charge is -2.47. The third-order valence-corrected chi connectivity index (χ3v) is 6.25. The van der Waals surface area contributed by atoms with E-state index >= 15 is 0 Å². The van der Waals surface area contributed by atoms with Crippen LogP contribution in [-0.2, 0) is 11.3 Å². The highest BCUT2D eigenvalue weighted by Gasteiger charge is 2.41. The van der Waals surface area contributed by atoms with Gasteiger partial charge in [-0.15, -0.1) is 0 Å². The fourth-order valence-electron chi connectivity index (χ4n) is 4.17. The van der Waals surface area contributed by atoms with E-state index in [-0.39, 0.29) is 23.4 Å². The summed E-state index contributed by atoms with van der Waals surface area (Å²) in [5, 5.41) is 3.06. The summed E-state index contributed by atoms with van der Waals surface area (Å²) in [4.78, 5) is 32.8. The first kappa shape index (κ1) is 19.7. The van der Waals surface area contributed by atoms with Gasteiger partial charge in [0, 0.05) is 57.6 Å². The third-order valence-electron chi connectivity index (χ3n) is 6.25. The molecule has 2 fully saturated rings. The average Bonchev–Trinajstić information content (AvgIpc) is 3.18. The number of hydrogen-bond acceptors (Lipinski definition) is 3. The van der Waals surface area contributed by atoms with Crippen molar-refractivity contribution in [1.29, 1.82) is 0 Å². The van der Waals surface area contributed by atoms with Crippen LogP contribution in [0.3, 0.4) is 0 Å². The molecule has 7 heteroatoms. The average molecular weight is 376 g/mol. The highest BCUT2D eigenvalue weighted by Crippen LogP contribution is 2.40. The Balaban J connectivity index is 1.48. The standard InChI is InChI=1S/C20H33N5O2/c1-3-17(2)22-19(27)24-12-7-20(8-13-24)6-5-18(26)25(15-20)11-4-10-23-14-9-21-16-23/h9,14,16-17H,3-8,10-13,15H2,1-2H3,(H,22,27). The number of likely N-dealkylation sites (tertiary alicyclic amines) is 2. The normalized spacial score (nSPS) is 20.7. The monoisotopic (exact) mass is 375 g/mol. The molecule has 0 saturated carbocycles. The summed E-state index contributed by atoms with van der Waals surface area (Å²) >= 11 is 0. The van der Waals surface area contributed by atoms with E-state index in [0.717, 1.165) is 64.8 Å². The van der Waals surface area contributed by atoms with Crippen LogP contribution in [0.15, 0.2) is 18.7 Å². The Morgan fingerprint density at radius 2 is 2.07 bits per heavy atom. The lowest BCUT2D eigenvalue weighted by molar-refractivity contribution is -0.139. The maximum atomic E-state index is 12.4. The molecule has 1 N–H and O–H groups in total. The Morgan fingerprint density at radius 3 is 2.74 bits per heavy atom. The number of carbonyl (C=O) groups excluding carboxylic acids is 2. The second kappa shape index (κ2) is 8.76. The Kier molecular flexibility index (Phi) is 6.39. The Bertz CT molecular complexity index is 622. The van der Waals surface area contributed by atoms with Crippen LogP contribution in [0.2, 0.25) is 0 Å². The van der Waals surface area contributed by atoms with Crippen molar-refractivity contribution in [2.45, 2.75) is 65.0 Å². The van der Waals surface area contributed by atoms with Gasteiger partial charge >= 0.3 is 6.03 Å². The van der Waals surface area contributed by atoms with Crippen molar-refractivity contribution in [3.8, 4) is 0 Å². The zero-order chi connectivity index (χ0) is 19.3. The number of nitrogens with zero attached hydrogens (tertiary/aromatic N) is 4. The van der Waals surface area contributed by atoms with Crippen molar-refractivity contribution in [3.05, 3.63) is 18.7 Å². The Morgan fingerprint density at radius 1 is 1.30 bits per heavy atom. The molecule has 3 heterocycles. The fraction of sp³-hybridized carbons (Fsp3) is 0.750. The largest absolute Gasteiger partial charge is 0.342 e. The molecule has 1 spiro atoms. The number of amides is 3. The lowest BCUT2D eigenvalue weighted by atomic mass is 9.72. The number of hydrogen-bond donors (Lipinski definition) is 1. The van der Waals surface area contributed by atoms with Gasteiger partial charge in [-0.1, -0.05) is 6.92 Å². The number of rotatable bonds is 6. The van der Waals surface area contributed by atoms with Crippen molar-refractivity contribution >= 4 is 11.9 Å². The molecule has 0 bridgehead atoms. The van der Waals surface area contributed by atoms with Crippen LogP contribution in [0, 0.1) is 5.41 Å². The first-order valence-corrected chi connectivity index (χ1v) is 10.3. The SMILES string of the molecule is CCC(C)NC(=O)N1CCC2(CCC(=O)N(CCCn3ccnc3)C2)CC1. The molecule has 3 amide bonds. The van der Waals surface area contributed by atoms with E-state index in [1.54, 1.807) is 6.20 Å². The van der Waals surface area contributed by atoms with E-state index < -0.39 is 0 Å². The molecule has 1 aromatic heterocycles. The van der Waals surface area contributed by atoms with Crippen LogP contribution in [-0.4, -0.2) is 63.5 Å². The molecule has 27 heavy (non-hydrogen) atoms. The molecule has 2 aliphatic rings. The summed E-state index contributed by atoms with van der Waals surface area (Å²) in [6.07, 6.45) is 11.0. The molecule has 0 radical (unpaired) electrons. The van der Waals surface area contributed by atoms with Crippen molar-refractivity contribution in [1.82, 2.24) is 24.7 Å². The Labute approximate surface area is 162 Å². The number of nitrogens with one attached hydrogen (secondary N) is 1. The third kappa shape index (κ3) is 5.02. The van der Waals surface area contributed by atoms with Gasteiger partial charge in [0.05, 0.1) is 6.33 Å². The van der Waals surface area contributed by atoms with Crippen molar-refractivity contribution in [2.24, 2.45) is 5.41 Å². The molecular formula is C20H33N5O2. The maximum absolute atomic E-state index is 12.4. The molecule has 150 valence electrons. The van der Waals surface area contributed by atoms with Gasteiger partial charge in [0.25, 0.3) is 0 Å². The van der Waals surface area contributed by atoms with Crippen LogP contribution < -0.4 is 5.32 Å². The minimum atomic E-state index is 0.0586. The van der Waals surface area contributed by atoms with Gasteiger partial charge in [-0.2, -0.15) is 0 Å². The van der Waals surface area contributed by atoms with Crippen LogP contribution in [0.1, 0.15) is 52.4 Å². The number of aromatic nitrogens is 2. The highest BCUT2D eigenvalue weighted by molar-refractivity contribution is 5.77. The van der Waals surface area contributed by atoms with Gasteiger partial charge in [0.2, 0.25) is 5.91 Å². The molecule has 0 aromatic carbocycles. The van der Waals surface area contributed by atoms with E-state index in [0.29, 0.717) is 6.42 Å². The minimum Gasteiger partial charge on any atom is -0.342 e. The van der Waals surface area contributed by atoms with Crippen LogP contribution >= 0.6 is 0 Å². The molecule has 3 rings (SSSR count). The molecule has 2 saturated heterocycles. The number of carbonyl (C=O) groups is 2. The first-order valence-electron chi connectivity index (χ1n) is 10.3. The molecule has 2 aliphatic heterocycles. The van der Waals surface area contributed by atoms with Gasteiger partial charge in [-0.25, -0.2) is 9.78 Å². The zero-order valence-electron chi connectivity index (χ0n) is 16.7. The van der Waals surface area contributed by atoms with Gasteiger partial charge in [-0.05, 0) is 44.4 Å². The predicted molar refractivity (Wildman–Crippen MR) is 104 cm³/mol. The maximum Gasteiger partial charge on any atom is 0.317 e. The van der Waals surface area contributed by atoms with E-state index in [1.807, 2.05) is 24.3 Å². The van der Waals surface area contributed by atoms with Gasteiger partial charge in [0.1, 0.15) is 0 Å². The summed E-state index contributed by atoms with van der Waals surface area (Å²) in [5.74, 6) is 0.281. The van der Waals surface area contributed by atoms with E-state index in [9.17, 15) is 9.59 Å². The van der Waals surface area contributed by atoms with Crippen LogP contribution in [0.5, 0.6) is 0 Å². The highest BCUT2D eigenvalue weighted by atomic mass is 16.2. The summed E-state index contributed by atoms with van der Waals surface area (Å²) in [7, 11) is 0. The second-order valence-electron chi connectivity index (χ2n) is 8.22. The number of imidazole rings is 1. The molecule has 1 aromatic rings. The quantitative estimate of drug-likeness (QED) is 0.830. The summed E-state index contributed by atoms with van der Waals surface area (Å²) < 4.78 is 2.05. The second-order valence-corrected chi connectivity index (χ2v) is 8.22. The molecule has 1 atom stereocenters. The van der Waals surface area contributed by atoms with E-state index in [4.69, 9.17) is 0 Å². The van der Waals surface area contributed by atoms with Gasteiger partial charge < -0.3 is 19.7 Å². The first-order chi connectivity index (χ1) is 13.0. The predicted octanol–water partition coefficient (Wildman–Crippen LogP) is 2.49. The molecule has 1 unspecified atom stereocenters. The number of aryl methyl sites for hydroxylation is 1. The van der Waals surface area contributed by atoms with Crippen molar-refractivity contribution in [2.75, 3.05) is 26.2 Å². The summed E-state index contributed by atoms with van der Waals surface area (Å²) in [6.45, 7) is 8.24. The number of piperidine rings is 2. The van der Waals surface area contributed by atoms with Gasteiger partial charge in [-0.3, -0.25) is 4.79 Å². The summed E-state index contributed by atoms with van der Waals surface area (Å²) in [6, 6.07) is 0.273. The molecular weight excluding hydrogens is 342 g/mol. The molecule has 7 nitrogen and oxygen atoms in total. The fourth-order valence-corrected chi connectivity index (χ4v) is 4.17. The smallest absolute Gasteiger partial charge is 0.317 e. The summed E-state index contributed by atoms with van der Waals surface area (Å²) in [5.41, 5.74) is 0.191. The van der Waals surface area contributed by atoms with Gasteiger partial charge in [0.15, 0.2) is 0 Å². The topological polar surface area (TPSA) is 70.5 Å². The number of urea groups is 1. The van der Waals surface area contributed by atoms with Crippen molar-refractivity contribution in [3.63, 3.8) is 0 Å². The van der Waals surface area contributed by atoms with Crippen molar-refractivity contribution < 1.29 is 9.59 Å². The molecule has 0 aliphatic carbocycles. The Hall–Kier alpha value is -2.05. The van der Waals surface area contributed by atoms with E-state index in [2.05, 4.69) is 26.7 Å². The van der Waals surface area contributed by atoms with Crippen LogP contribution in [0.25, 0.3) is 0 Å². The zero-order valence-corrected chi connectivity index (χ0v) is 16.7. The van der Waals surface area contributed by atoms with Crippen LogP contribution in [0.4, 0.5) is 4.79 Å².